The van der Waals surface area contributed by atoms with E-state index < -0.39 is 0 Å². The van der Waals surface area contributed by atoms with Gasteiger partial charge in [0.05, 0.1) is 6.10 Å². The molecule has 0 aromatic heterocycles. The lowest BCUT2D eigenvalue weighted by Gasteiger charge is -2.25. The van der Waals surface area contributed by atoms with Crippen molar-refractivity contribution in [3.05, 3.63) is 29.8 Å². The third-order valence-corrected chi connectivity index (χ3v) is 4.02. The summed E-state index contributed by atoms with van der Waals surface area (Å²) in [7, 11) is 0. The molecule has 2 unspecified atom stereocenters. The minimum Gasteiger partial charge on any atom is -0.483 e. The molecule has 1 aliphatic rings. The van der Waals surface area contributed by atoms with Gasteiger partial charge in [-0.25, -0.2) is 0 Å². The van der Waals surface area contributed by atoms with Crippen LogP contribution >= 0.6 is 0 Å². The molecule has 4 heteroatoms. The number of hydrogen-bond acceptors (Lipinski definition) is 3. The van der Waals surface area contributed by atoms with Gasteiger partial charge in [0.2, 0.25) is 0 Å². The Kier molecular flexibility index (Phi) is 5.62. The number of hydrogen-bond donors (Lipinski definition) is 1. The fraction of sp³-hybridized carbons (Fsp3) is 0.588. The molecule has 0 bridgehead atoms. The van der Waals surface area contributed by atoms with Gasteiger partial charge in [0.25, 0.3) is 5.91 Å². The van der Waals surface area contributed by atoms with E-state index in [9.17, 15) is 9.90 Å². The van der Waals surface area contributed by atoms with Crippen LogP contribution in [0, 0.1) is 0 Å². The molecule has 1 aliphatic heterocycles. The molecule has 0 saturated carbocycles. The quantitative estimate of drug-likeness (QED) is 0.875. The van der Waals surface area contributed by atoms with Crippen molar-refractivity contribution in [1.82, 2.24) is 4.90 Å². The summed E-state index contributed by atoms with van der Waals surface area (Å²) < 4.78 is 5.70. The van der Waals surface area contributed by atoms with Crippen LogP contribution in [0.25, 0.3) is 0 Å². The minimum absolute atomic E-state index is 0.0176. The van der Waals surface area contributed by atoms with Gasteiger partial charge in [-0.1, -0.05) is 25.1 Å². The van der Waals surface area contributed by atoms with E-state index in [0.29, 0.717) is 6.42 Å². The Morgan fingerprint density at radius 3 is 2.95 bits per heavy atom. The highest BCUT2D eigenvalue weighted by Crippen LogP contribution is 2.23. The van der Waals surface area contributed by atoms with Crippen molar-refractivity contribution in [3.8, 4) is 5.75 Å². The van der Waals surface area contributed by atoms with Crippen LogP contribution in [0.2, 0.25) is 0 Å². The second-order valence-corrected chi connectivity index (χ2v) is 5.72. The van der Waals surface area contributed by atoms with Gasteiger partial charge in [0.1, 0.15) is 5.75 Å². The highest BCUT2D eigenvalue weighted by atomic mass is 16.5. The summed E-state index contributed by atoms with van der Waals surface area (Å²) in [5.41, 5.74) is 1.12. The van der Waals surface area contributed by atoms with Gasteiger partial charge in [0.15, 0.2) is 6.61 Å². The summed E-state index contributed by atoms with van der Waals surface area (Å²) in [5.74, 6) is 0.809. The predicted molar refractivity (Wildman–Crippen MR) is 82.3 cm³/mol. The van der Waals surface area contributed by atoms with Crippen LogP contribution in [0.4, 0.5) is 0 Å². The van der Waals surface area contributed by atoms with E-state index in [0.717, 1.165) is 37.1 Å². The van der Waals surface area contributed by atoms with Gasteiger partial charge < -0.3 is 14.7 Å². The number of rotatable bonds is 6. The van der Waals surface area contributed by atoms with Crippen molar-refractivity contribution in [2.45, 2.75) is 51.7 Å². The Hall–Kier alpha value is -1.55. The lowest BCUT2D eigenvalue weighted by Crippen LogP contribution is -2.40. The van der Waals surface area contributed by atoms with Crippen LogP contribution in [0.3, 0.4) is 0 Å². The van der Waals surface area contributed by atoms with Crippen molar-refractivity contribution >= 4 is 5.91 Å². The van der Waals surface area contributed by atoms with Gasteiger partial charge in [0, 0.05) is 12.6 Å². The number of amides is 1. The number of aryl methyl sites for hydroxylation is 1. The van der Waals surface area contributed by atoms with Gasteiger partial charge in [-0.05, 0) is 44.2 Å². The maximum absolute atomic E-state index is 12.3. The second kappa shape index (κ2) is 7.46. The highest BCUT2D eigenvalue weighted by Gasteiger charge is 2.29. The fourth-order valence-electron chi connectivity index (χ4n) is 2.96. The molecule has 1 N–H and O–H groups in total. The van der Waals surface area contributed by atoms with Crippen molar-refractivity contribution < 1.29 is 14.6 Å². The van der Waals surface area contributed by atoms with Crippen LogP contribution in [0.1, 0.15) is 38.7 Å². The number of aliphatic hydroxyl groups excluding tert-OH is 1. The Balaban J connectivity index is 1.92. The fourth-order valence-corrected chi connectivity index (χ4v) is 2.96. The topological polar surface area (TPSA) is 49.8 Å². The van der Waals surface area contributed by atoms with Crippen LogP contribution in [-0.2, 0) is 11.2 Å². The molecule has 0 aliphatic carbocycles. The first kappa shape index (κ1) is 15.8. The molecule has 0 radical (unpaired) electrons. The number of carbonyl (C=O) groups excluding carboxylic acids is 1. The number of ether oxygens (including phenoxy) is 1. The van der Waals surface area contributed by atoms with E-state index in [1.165, 1.54) is 0 Å². The maximum Gasteiger partial charge on any atom is 0.260 e. The standard InChI is InChI=1S/C17H25NO3/c1-3-14-7-4-5-9-16(14)21-12-17(20)18-10-6-8-15(18)11-13(2)19/h4-5,7,9,13,15,19H,3,6,8,10-12H2,1-2H3. The predicted octanol–water partition coefficient (Wildman–Crippen LogP) is 2.39. The number of likely N-dealkylation sites (tertiary alicyclic amines) is 1. The molecule has 1 heterocycles. The summed E-state index contributed by atoms with van der Waals surface area (Å²) in [6.07, 6.45) is 3.15. The molecule has 1 aromatic carbocycles. The van der Waals surface area contributed by atoms with E-state index in [2.05, 4.69) is 6.92 Å². The van der Waals surface area contributed by atoms with E-state index in [1.54, 1.807) is 6.92 Å². The number of carbonyl (C=O) groups is 1. The van der Waals surface area contributed by atoms with E-state index in [-0.39, 0.29) is 24.7 Å². The Labute approximate surface area is 126 Å². The van der Waals surface area contributed by atoms with Crippen molar-refractivity contribution in [2.24, 2.45) is 0 Å². The number of para-hydroxylation sites is 1. The van der Waals surface area contributed by atoms with Crippen LogP contribution in [-0.4, -0.2) is 41.2 Å². The summed E-state index contributed by atoms with van der Waals surface area (Å²) in [4.78, 5) is 14.2. The van der Waals surface area contributed by atoms with Crippen LogP contribution < -0.4 is 4.74 Å². The minimum atomic E-state index is -0.370. The van der Waals surface area contributed by atoms with Gasteiger partial charge in [-0.15, -0.1) is 0 Å². The molecule has 116 valence electrons. The first-order chi connectivity index (χ1) is 10.1. The van der Waals surface area contributed by atoms with E-state index >= 15 is 0 Å². The Morgan fingerprint density at radius 2 is 2.24 bits per heavy atom. The smallest absolute Gasteiger partial charge is 0.260 e. The molecule has 1 aromatic rings. The van der Waals surface area contributed by atoms with Gasteiger partial charge in [-0.3, -0.25) is 4.79 Å². The normalized spacial score (nSPS) is 19.6. The molecule has 0 spiro atoms. The lowest BCUT2D eigenvalue weighted by atomic mass is 10.1. The SMILES string of the molecule is CCc1ccccc1OCC(=O)N1CCCC1CC(C)O. The molecule has 2 rings (SSSR count). The molecule has 21 heavy (non-hydrogen) atoms. The second-order valence-electron chi connectivity index (χ2n) is 5.72. The van der Waals surface area contributed by atoms with Gasteiger partial charge in [-0.2, -0.15) is 0 Å². The largest absolute Gasteiger partial charge is 0.483 e. The average Bonchev–Trinajstić information content (AvgIpc) is 2.92. The molecular weight excluding hydrogens is 266 g/mol. The van der Waals surface area contributed by atoms with Crippen molar-refractivity contribution in [3.63, 3.8) is 0 Å². The molecule has 1 saturated heterocycles. The van der Waals surface area contributed by atoms with E-state index in [4.69, 9.17) is 4.74 Å². The Morgan fingerprint density at radius 1 is 1.48 bits per heavy atom. The zero-order chi connectivity index (χ0) is 15.2. The van der Waals surface area contributed by atoms with Crippen molar-refractivity contribution in [1.29, 1.82) is 0 Å². The zero-order valence-electron chi connectivity index (χ0n) is 12.9. The zero-order valence-corrected chi connectivity index (χ0v) is 12.9. The average molecular weight is 291 g/mol. The van der Waals surface area contributed by atoms with E-state index in [1.807, 2.05) is 29.2 Å². The molecule has 1 fully saturated rings. The number of aliphatic hydroxyl groups is 1. The Bertz CT molecular complexity index is 473. The lowest BCUT2D eigenvalue weighted by molar-refractivity contribution is -0.134. The number of nitrogens with zero attached hydrogens (tertiary/aromatic N) is 1. The van der Waals surface area contributed by atoms with Crippen LogP contribution in [0.5, 0.6) is 5.75 Å². The third kappa shape index (κ3) is 4.21. The summed E-state index contributed by atoms with van der Waals surface area (Å²) >= 11 is 0. The number of benzene rings is 1. The maximum atomic E-state index is 12.3. The first-order valence-corrected chi connectivity index (χ1v) is 7.80. The molecule has 1 amide bonds. The molecule has 2 atom stereocenters. The highest BCUT2D eigenvalue weighted by molar-refractivity contribution is 5.78. The third-order valence-electron chi connectivity index (χ3n) is 4.02. The van der Waals surface area contributed by atoms with Crippen LogP contribution in [0.15, 0.2) is 24.3 Å². The molecular formula is C17H25NO3. The summed E-state index contributed by atoms with van der Waals surface area (Å²) in [5, 5.41) is 9.52. The first-order valence-electron chi connectivity index (χ1n) is 7.80. The monoisotopic (exact) mass is 291 g/mol. The summed E-state index contributed by atoms with van der Waals surface area (Å²) in [6, 6.07) is 7.98. The summed E-state index contributed by atoms with van der Waals surface area (Å²) in [6.45, 7) is 4.69. The molecule has 4 nitrogen and oxygen atoms in total. The van der Waals surface area contributed by atoms with Crippen molar-refractivity contribution in [2.75, 3.05) is 13.2 Å². The van der Waals surface area contributed by atoms with Gasteiger partial charge >= 0.3 is 0 Å².